The van der Waals surface area contributed by atoms with Crippen molar-refractivity contribution in [3.05, 3.63) is 45.9 Å². The van der Waals surface area contributed by atoms with Crippen LogP contribution in [0, 0.1) is 13.8 Å². The van der Waals surface area contributed by atoms with E-state index >= 15 is 0 Å². The number of ether oxygens (including phenoxy) is 2. The maximum Gasteiger partial charge on any atom is 0.145 e. The van der Waals surface area contributed by atoms with Gasteiger partial charge in [-0.25, -0.2) is 0 Å². The van der Waals surface area contributed by atoms with E-state index in [2.05, 4.69) is 0 Å². The van der Waals surface area contributed by atoms with Gasteiger partial charge in [-0.2, -0.15) is 0 Å². The standard InChI is InChI=1S/C16H18O5/c1-8-12(6-17)9(2)21-15(8)16-14-10(7-20-16)4-11(18)5-13(14)19-3/h4-5,16-18H,6-7H2,1-3H3. The third-order valence-electron chi connectivity index (χ3n) is 4.01. The molecular weight excluding hydrogens is 272 g/mol. The van der Waals surface area contributed by atoms with Crippen LogP contribution in [0.1, 0.15) is 39.9 Å². The zero-order valence-corrected chi connectivity index (χ0v) is 12.3. The number of hydrogen-bond acceptors (Lipinski definition) is 5. The minimum absolute atomic E-state index is 0.0620. The molecular formula is C16H18O5. The highest BCUT2D eigenvalue weighted by atomic mass is 16.5. The molecule has 3 rings (SSSR count). The lowest BCUT2D eigenvalue weighted by Crippen LogP contribution is -2.02. The van der Waals surface area contributed by atoms with Gasteiger partial charge in [-0.05, 0) is 31.0 Å². The van der Waals surface area contributed by atoms with Crippen molar-refractivity contribution < 1.29 is 24.1 Å². The molecule has 1 unspecified atom stereocenters. The number of fused-ring (bicyclic) bond motifs is 1. The Morgan fingerprint density at radius 1 is 1.33 bits per heavy atom. The zero-order chi connectivity index (χ0) is 15.1. The molecule has 1 aromatic heterocycles. The van der Waals surface area contributed by atoms with Gasteiger partial charge in [-0.15, -0.1) is 0 Å². The molecule has 0 fully saturated rings. The summed E-state index contributed by atoms with van der Waals surface area (Å²) in [6, 6.07) is 3.24. The summed E-state index contributed by atoms with van der Waals surface area (Å²) < 4.78 is 17.0. The van der Waals surface area contributed by atoms with Crippen LogP contribution < -0.4 is 4.74 Å². The van der Waals surface area contributed by atoms with E-state index in [1.807, 2.05) is 13.8 Å². The maximum atomic E-state index is 9.71. The molecule has 1 aliphatic rings. The third kappa shape index (κ3) is 2.09. The highest BCUT2D eigenvalue weighted by Gasteiger charge is 2.33. The van der Waals surface area contributed by atoms with E-state index in [0.717, 1.165) is 22.3 Å². The van der Waals surface area contributed by atoms with Crippen molar-refractivity contribution in [1.82, 2.24) is 0 Å². The minimum atomic E-state index is -0.380. The smallest absolute Gasteiger partial charge is 0.145 e. The number of aromatic hydroxyl groups is 1. The first-order valence-electron chi connectivity index (χ1n) is 6.77. The van der Waals surface area contributed by atoms with Gasteiger partial charge in [0.15, 0.2) is 0 Å². The molecule has 0 amide bonds. The number of aliphatic hydroxyl groups excluding tert-OH is 1. The molecule has 5 nitrogen and oxygen atoms in total. The van der Waals surface area contributed by atoms with Crippen LogP contribution in [-0.4, -0.2) is 17.3 Å². The minimum Gasteiger partial charge on any atom is -0.508 e. The van der Waals surface area contributed by atoms with Gasteiger partial charge in [-0.3, -0.25) is 0 Å². The Balaban J connectivity index is 2.13. The van der Waals surface area contributed by atoms with Gasteiger partial charge in [0, 0.05) is 17.2 Å². The molecule has 0 saturated heterocycles. The number of phenols is 1. The fourth-order valence-electron chi connectivity index (χ4n) is 2.91. The Labute approximate surface area is 122 Å². The Morgan fingerprint density at radius 2 is 2.10 bits per heavy atom. The van der Waals surface area contributed by atoms with Gasteiger partial charge in [0.1, 0.15) is 29.1 Å². The van der Waals surface area contributed by atoms with Crippen LogP contribution in [-0.2, 0) is 18.0 Å². The topological polar surface area (TPSA) is 72.1 Å². The summed E-state index contributed by atoms with van der Waals surface area (Å²) in [7, 11) is 1.56. The van der Waals surface area contributed by atoms with Gasteiger partial charge < -0.3 is 24.1 Å². The molecule has 2 heterocycles. The van der Waals surface area contributed by atoms with Gasteiger partial charge in [-0.1, -0.05) is 0 Å². The van der Waals surface area contributed by atoms with Crippen LogP contribution in [0.25, 0.3) is 0 Å². The number of benzene rings is 1. The molecule has 2 N–H and O–H groups in total. The molecule has 2 aromatic rings. The van der Waals surface area contributed by atoms with Crippen LogP contribution in [0.3, 0.4) is 0 Å². The Morgan fingerprint density at radius 3 is 2.71 bits per heavy atom. The molecule has 1 aromatic carbocycles. The third-order valence-corrected chi connectivity index (χ3v) is 4.01. The van der Waals surface area contributed by atoms with Crippen LogP contribution in [0.5, 0.6) is 11.5 Å². The molecule has 0 saturated carbocycles. The highest BCUT2D eigenvalue weighted by Crippen LogP contribution is 2.45. The summed E-state index contributed by atoms with van der Waals surface area (Å²) in [5.41, 5.74) is 3.44. The lowest BCUT2D eigenvalue weighted by atomic mass is 9.99. The number of rotatable bonds is 3. The van der Waals surface area contributed by atoms with Crippen molar-refractivity contribution in [2.45, 2.75) is 33.2 Å². The molecule has 5 heteroatoms. The first kappa shape index (κ1) is 14.0. The molecule has 0 aliphatic carbocycles. The van der Waals surface area contributed by atoms with E-state index in [4.69, 9.17) is 13.9 Å². The van der Waals surface area contributed by atoms with E-state index in [0.29, 0.717) is 23.9 Å². The highest BCUT2D eigenvalue weighted by molar-refractivity contribution is 5.52. The van der Waals surface area contributed by atoms with Crippen molar-refractivity contribution >= 4 is 0 Å². The van der Waals surface area contributed by atoms with Crippen molar-refractivity contribution in [3.8, 4) is 11.5 Å². The Bertz CT molecular complexity index is 686. The SMILES string of the molecule is COc1cc(O)cc2c1C(c1oc(C)c(CO)c1C)OC2. The second-order valence-electron chi connectivity index (χ2n) is 5.20. The average molecular weight is 290 g/mol. The maximum absolute atomic E-state index is 9.71. The number of hydrogen-bond donors (Lipinski definition) is 2. The summed E-state index contributed by atoms with van der Waals surface area (Å²) in [6.45, 7) is 4.06. The number of phenolic OH excluding ortho intramolecular Hbond substituents is 1. The van der Waals surface area contributed by atoms with Gasteiger partial charge in [0.25, 0.3) is 0 Å². The predicted molar refractivity (Wildman–Crippen MR) is 75.4 cm³/mol. The summed E-state index contributed by atoms with van der Waals surface area (Å²) in [4.78, 5) is 0. The normalized spacial score (nSPS) is 17.0. The van der Waals surface area contributed by atoms with E-state index in [9.17, 15) is 10.2 Å². The van der Waals surface area contributed by atoms with Gasteiger partial charge in [0.2, 0.25) is 0 Å². The fourth-order valence-corrected chi connectivity index (χ4v) is 2.91. The monoisotopic (exact) mass is 290 g/mol. The summed E-state index contributed by atoms with van der Waals surface area (Å²) >= 11 is 0. The first-order valence-corrected chi connectivity index (χ1v) is 6.77. The molecule has 1 atom stereocenters. The van der Waals surface area contributed by atoms with E-state index in [1.165, 1.54) is 0 Å². The van der Waals surface area contributed by atoms with Gasteiger partial charge in [0.05, 0.1) is 20.3 Å². The van der Waals surface area contributed by atoms with Crippen molar-refractivity contribution in [3.63, 3.8) is 0 Å². The predicted octanol–water partition coefficient (Wildman–Crippen LogP) is 2.72. The molecule has 0 radical (unpaired) electrons. The van der Waals surface area contributed by atoms with Crippen molar-refractivity contribution in [1.29, 1.82) is 0 Å². The largest absolute Gasteiger partial charge is 0.508 e. The van der Waals surface area contributed by atoms with E-state index < -0.39 is 0 Å². The second kappa shape index (κ2) is 5.09. The first-order chi connectivity index (χ1) is 10.1. The number of furan rings is 1. The molecule has 0 bridgehead atoms. The molecule has 112 valence electrons. The number of aliphatic hydroxyl groups is 1. The van der Waals surface area contributed by atoms with Crippen molar-refractivity contribution in [2.24, 2.45) is 0 Å². The molecule has 0 spiro atoms. The van der Waals surface area contributed by atoms with Crippen LogP contribution in [0.4, 0.5) is 0 Å². The Hall–Kier alpha value is -1.98. The summed E-state index contributed by atoms with van der Waals surface area (Å²) in [5, 5.41) is 19.1. The van der Waals surface area contributed by atoms with Crippen LogP contribution >= 0.6 is 0 Å². The second-order valence-corrected chi connectivity index (χ2v) is 5.20. The summed E-state index contributed by atoms with van der Waals surface area (Å²) in [6.07, 6.45) is -0.380. The van der Waals surface area contributed by atoms with Gasteiger partial charge >= 0.3 is 0 Å². The van der Waals surface area contributed by atoms with Crippen molar-refractivity contribution in [2.75, 3.05) is 7.11 Å². The zero-order valence-electron chi connectivity index (χ0n) is 12.3. The van der Waals surface area contributed by atoms with E-state index in [-0.39, 0.29) is 18.5 Å². The molecule has 21 heavy (non-hydrogen) atoms. The fraction of sp³-hybridized carbons (Fsp3) is 0.375. The number of aryl methyl sites for hydroxylation is 1. The van der Waals surface area contributed by atoms with Crippen LogP contribution in [0.2, 0.25) is 0 Å². The van der Waals surface area contributed by atoms with Crippen LogP contribution in [0.15, 0.2) is 16.5 Å². The quantitative estimate of drug-likeness (QED) is 0.909. The lowest BCUT2D eigenvalue weighted by molar-refractivity contribution is 0.0763. The lowest BCUT2D eigenvalue weighted by Gasteiger charge is -2.13. The van der Waals surface area contributed by atoms with E-state index in [1.54, 1.807) is 19.2 Å². The average Bonchev–Trinajstić information content (AvgIpc) is 2.98. The summed E-state index contributed by atoms with van der Waals surface area (Å²) in [5.74, 6) is 2.10. The Kier molecular flexibility index (Phi) is 3.39. The molecule has 1 aliphatic heterocycles. The number of methoxy groups -OCH3 is 1.